The standard InChI is InChI=1S/C17H27N3/c1-19(17(11-18)15-7-8-15)16-9-10-20(13-16)12-14-5-3-2-4-6-14/h2-6,15-17H,7-13,18H2,1H3. The average Bonchev–Trinajstić information content (AvgIpc) is 3.19. The number of hydrogen-bond acceptors (Lipinski definition) is 3. The Morgan fingerprint density at radius 3 is 2.65 bits per heavy atom. The van der Waals surface area contributed by atoms with Crippen molar-refractivity contribution in [2.45, 2.75) is 37.9 Å². The second kappa shape index (κ2) is 6.25. The van der Waals surface area contributed by atoms with Gasteiger partial charge in [-0.1, -0.05) is 30.3 Å². The molecule has 110 valence electrons. The number of likely N-dealkylation sites (tertiary alicyclic amines) is 1. The molecule has 2 aliphatic rings. The Morgan fingerprint density at radius 2 is 2.00 bits per heavy atom. The maximum atomic E-state index is 5.99. The van der Waals surface area contributed by atoms with Gasteiger partial charge in [0, 0.05) is 38.3 Å². The van der Waals surface area contributed by atoms with Crippen molar-refractivity contribution in [3.63, 3.8) is 0 Å². The topological polar surface area (TPSA) is 32.5 Å². The third kappa shape index (κ3) is 3.22. The molecule has 2 unspecified atom stereocenters. The Morgan fingerprint density at radius 1 is 1.25 bits per heavy atom. The van der Waals surface area contributed by atoms with E-state index in [0.29, 0.717) is 12.1 Å². The molecule has 2 fully saturated rings. The van der Waals surface area contributed by atoms with Gasteiger partial charge in [-0.15, -0.1) is 0 Å². The molecule has 0 amide bonds. The number of hydrogen-bond donors (Lipinski definition) is 1. The largest absolute Gasteiger partial charge is 0.329 e. The zero-order chi connectivity index (χ0) is 13.9. The van der Waals surface area contributed by atoms with Gasteiger partial charge in [-0.05, 0) is 37.8 Å². The molecule has 0 bridgehead atoms. The SMILES string of the molecule is CN(C1CCN(Cc2ccccc2)C1)C(CN)C1CC1. The van der Waals surface area contributed by atoms with Gasteiger partial charge >= 0.3 is 0 Å². The third-order valence-electron chi connectivity index (χ3n) is 5.00. The van der Waals surface area contributed by atoms with Crippen LogP contribution in [0.15, 0.2) is 30.3 Å². The smallest absolute Gasteiger partial charge is 0.0247 e. The molecular formula is C17H27N3. The van der Waals surface area contributed by atoms with E-state index in [9.17, 15) is 0 Å². The van der Waals surface area contributed by atoms with E-state index >= 15 is 0 Å². The first-order chi connectivity index (χ1) is 9.78. The third-order valence-corrected chi connectivity index (χ3v) is 5.00. The number of nitrogens with zero attached hydrogens (tertiary/aromatic N) is 2. The van der Waals surface area contributed by atoms with E-state index < -0.39 is 0 Å². The summed E-state index contributed by atoms with van der Waals surface area (Å²) in [6, 6.07) is 12.1. The lowest BCUT2D eigenvalue weighted by molar-refractivity contribution is 0.157. The predicted octanol–water partition coefficient (Wildman–Crippen LogP) is 1.93. The lowest BCUT2D eigenvalue weighted by Crippen LogP contribution is -2.46. The quantitative estimate of drug-likeness (QED) is 0.859. The fourth-order valence-corrected chi connectivity index (χ4v) is 3.57. The van der Waals surface area contributed by atoms with Crippen molar-refractivity contribution in [3.05, 3.63) is 35.9 Å². The monoisotopic (exact) mass is 273 g/mol. The molecule has 1 aliphatic heterocycles. The molecule has 1 heterocycles. The fraction of sp³-hybridized carbons (Fsp3) is 0.647. The minimum absolute atomic E-state index is 0.608. The van der Waals surface area contributed by atoms with Gasteiger partial charge in [0.1, 0.15) is 0 Å². The average molecular weight is 273 g/mol. The molecular weight excluding hydrogens is 246 g/mol. The van der Waals surface area contributed by atoms with Crippen LogP contribution >= 0.6 is 0 Å². The molecule has 1 saturated carbocycles. The summed E-state index contributed by atoms with van der Waals surface area (Å²) in [5, 5.41) is 0. The van der Waals surface area contributed by atoms with E-state index in [4.69, 9.17) is 5.73 Å². The predicted molar refractivity (Wildman–Crippen MR) is 83.5 cm³/mol. The van der Waals surface area contributed by atoms with Gasteiger partial charge in [-0.3, -0.25) is 9.80 Å². The second-order valence-corrected chi connectivity index (χ2v) is 6.47. The molecule has 3 rings (SSSR count). The lowest BCUT2D eigenvalue weighted by atomic mass is 10.1. The molecule has 3 nitrogen and oxygen atoms in total. The van der Waals surface area contributed by atoms with Crippen molar-refractivity contribution in [2.75, 3.05) is 26.7 Å². The van der Waals surface area contributed by atoms with Crippen LogP contribution in [-0.4, -0.2) is 48.6 Å². The van der Waals surface area contributed by atoms with Crippen LogP contribution in [-0.2, 0) is 6.54 Å². The molecule has 0 radical (unpaired) electrons. The van der Waals surface area contributed by atoms with Crippen LogP contribution in [0, 0.1) is 5.92 Å². The number of nitrogens with two attached hydrogens (primary N) is 1. The highest BCUT2D eigenvalue weighted by Gasteiger charge is 2.37. The zero-order valence-corrected chi connectivity index (χ0v) is 12.5. The second-order valence-electron chi connectivity index (χ2n) is 6.47. The zero-order valence-electron chi connectivity index (χ0n) is 12.5. The number of likely N-dealkylation sites (N-methyl/N-ethyl adjacent to an activating group) is 1. The first kappa shape index (κ1) is 14.1. The summed E-state index contributed by atoms with van der Waals surface area (Å²) >= 11 is 0. The van der Waals surface area contributed by atoms with Crippen molar-refractivity contribution in [3.8, 4) is 0 Å². The van der Waals surface area contributed by atoms with E-state index in [2.05, 4.69) is 47.2 Å². The highest BCUT2D eigenvalue weighted by molar-refractivity contribution is 5.14. The van der Waals surface area contributed by atoms with E-state index in [-0.39, 0.29) is 0 Å². The molecule has 0 aromatic heterocycles. The molecule has 2 atom stereocenters. The van der Waals surface area contributed by atoms with E-state index in [1.165, 1.54) is 37.9 Å². The van der Waals surface area contributed by atoms with Crippen LogP contribution in [0.3, 0.4) is 0 Å². The maximum absolute atomic E-state index is 5.99. The Hall–Kier alpha value is -0.900. The summed E-state index contributed by atoms with van der Waals surface area (Å²) in [4.78, 5) is 5.15. The van der Waals surface area contributed by atoms with Gasteiger partial charge in [0.25, 0.3) is 0 Å². The maximum Gasteiger partial charge on any atom is 0.0247 e. The molecule has 20 heavy (non-hydrogen) atoms. The normalized spacial score (nSPS) is 25.2. The highest BCUT2D eigenvalue weighted by Crippen LogP contribution is 2.36. The Bertz CT molecular complexity index is 416. The Kier molecular flexibility index (Phi) is 4.39. The fourth-order valence-electron chi connectivity index (χ4n) is 3.57. The summed E-state index contributed by atoms with van der Waals surface area (Å²) in [5.74, 6) is 0.869. The summed E-state index contributed by atoms with van der Waals surface area (Å²) in [6.45, 7) is 4.30. The van der Waals surface area contributed by atoms with Crippen molar-refractivity contribution >= 4 is 0 Å². The molecule has 1 aromatic carbocycles. The summed E-state index contributed by atoms with van der Waals surface area (Å²) in [5.41, 5.74) is 7.41. The first-order valence-corrected chi connectivity index (χ1v) is 7.96. The highest BCUT2D eigenvalue weighted by atomic mass is 15.3. The van der Waals surface area contributed by atoms with E-state index in [0.717, 1.165) is 19.0 Å². The van der Waals surface area contributed by atoms with Crippen LogP contribution in [0.5, 0.6) is 0 Å². The Labute approximate surface area is 122 Å². The van der Waals surface area contributed by atoms with Crippen molar-refractivity contribution in [1.29, 1.82) is 0 Å². The van der Waals surface area contributed by atoms with Crippen LogP contribution in [0.4, 0.5) is 0 Å². The molecule has 2 N–H and O–H groups in total. The minimum atomic E-state index is 0.608. The van der Waals surface area contributed by atoms with Gasteiger partial charge < -0.3 is 5.73 Å². The van der Waals surface area contributed by atoms with Gasteiger partial charge in [0.15, 0.2) is 0 Å². The lowest BCUT2D eigenvalue weighted by Gasteiger charge is -2.32. The van der Waals surface area contributed by atoms with Gasteiger partial charge in [-0.2, -0.15) is 0 Å². The summed E-state index contributed by atoms with van der Waals surface area (Å²) in [7, 11) is 2.28. The molecule has 1 aliphatic carbocycles. The van der Waals surface area contributed by atoms with Crippen LogP contribution in [0.1, 0.15) is 24.8 Å². The number of rotatable bonds is 6. The van der Waals surface area contributed by atoms with Gasteiger partial charge in [0.05, 0.1) is 0 Å². The molecule has 1 aromatic rings. The summed E-state index contributed by atoms with van der Waals surface area (Å²) < 4.78 is 0. The molecule has 0 spiro atoms. The van der Waals surface area contributed by atoms with Crippen molar-refractivity contribution in [2.24, 2.45) is 11.7 Å². The van der Waals surface area contributed by atoms with Crippen molar-refractivity contribution in [1.82, 2.24) is 9.80 Å². The van der Waals surface area contributed by atoms with Crippen LogP contribution < -0.4 is 5.73 Å². The summed E-state index contributed by atoms with van der Waals surface area (Å²) in [6.07, 6.45) is 4.05. The van der Waals surface area contributed by atoms with Crippen LogP contribution in [0.25, 0.3) is 0 Å². The van der Waals surface area contributed by atoms with E-state index in [1.807, 2.05) is 0 Å². The van der Waals surface area contributed by atoms with E-state index in [1.54, 1.807) is 0 Å². The molecule has 3 heteroatoms. The number of benzene rings is 1. The first-order valence-electron chi connectivity index (χ1n) is 7.96. The minimum Gasteiger partial charge on any atom is -0.329 e. The van der Waals surface area contributed by atoms with Gasteiger partial charge in [0.2, 0.25) is 0 Å². The van der Waals surface area contributed by atoms with Gasteiger partial charge in [-0.25, -0.2) is 0 Å². The van der Waals surface area contributed by atoms with Crippen LogP contribution in [0.2, 0.25) is 0 Å². The van der Waals surface area contributed by atoms with Crippen molar-refractivity contribution < 1.29 is 0 Å². The molecule has 1 saturated heterocycles. The Balaban J connectivity index is 1.53.